The van der Waals surface area contributed by atoms with Crippen molar-refractivity contribution in [2.75, 3.05) is 0 Å². The third-order valence-electron chi connectivity index (χ3n) is 4.06. The van der Waals surface area contributed by atoms with Gasteiger partial charge >= 0.3 is 0 Å². The molecule has 0 aliphatic rings. The first kappa shape index (κ1) is 15.4. The van der Waals surface area contributed by atoms with Crippen molar-refractivity contribution in [2.45, 2.75) is 13.5 Å². The fraction of sp³-hybridized carbons (Fsp3) is 0.0952. The second kappa shape index (κ2) is 6.40. The molecule has 1 aromatic heterocycles. The van der Waals surface area contributed by atoms with Crippen LogP contribution in [0, 0.1) is 12.7 Å². The van der Waals surface area contributed by atoms with Crippen LogP contribution < -0.4 is 4.74 Å². The molecule has 0 bridgehead atoms. The smallest absolute Gasteiger partial charge is 0.138 e. The van der Waals surface area contributed by atoms with E-state index in [1.165, 1.54) is 17.7 Å². The molecule has 4 heteroatoms. The largest absolute Gasteiger partial charge is 0.489 e. The summed E-state index contributed by atoms with van der Waals surface area (Å²) in [6.45, 7) is 2.45. The van der Waals surface area contributed by atoms with Crippen LogP contribution in [-0.2, 0) is 6.61 Å². The minimum Gasteiger partial charge on any atom is -0.489 e. The van der Waals surface area contributed by atoms with Gasteiger partial charge in [-0.15, -0.1) is 0 Å². The maximum Gasteiger partial charge on any atom is 0.138 e. The van der Waals surface area contributed by atoms with E-state index in [0.717, 1.165) is 33.7 Å². The number of nitrogens with one attached hydrogen (secondary N) is 1. The summed E-state index contributed by atoms with van der Waals surface area (Å²) in [5.74, 6) is 1.32. The first-order chi connectivity index (χ1) is 12.2. The molecular formula is C21H17FN2O. The molecule has 4 rings (SSSR count). The summed E-state index contributed by atoms with van der Waals surface area (Å²) in [4.78, 5) is 7.99. The van der Waals surface area contributed by atoms with Gasteiger partial charge in [0.1, 0.15) is 24.0 Å². The molecule has 0 saturated carbocycles. The van der Waals surface area contributed by atoms with Crippen molar-refractivity contribution in [1.29, 1.82) is 0 Å². The Morgan fingerprint density at radius 1 is 1.00 bits per heavy atom. The summed E-state index contributed by atoms with van der Waals surface area (Å²) >= 11 is 0. The van der Waals surface area contributed by atoms with Crippen molar-refractivity contribution in [3.05, 3.63) is 83.7 Å². The van der Waals surface area contributed by atoms with Crippen LogP contribution in [0.15, 0.2) is 66.7 Å². The molecule has 124 valence electrons. The summed E-state index contributed by atoms with van der Waals surface area (Å²) in [6.07, 6.45) is 0. The van der Waals surface area contributed by atoms with Gasteiger partial charge in [-0.2, -0.15) is 0 Å². The Balaban J connectivity index is 1.56. The van der Waals surface area contributed by atoms with E-state index in [1.54, 1.807) is 12.1 Å². The van der Waals surface area contributed by atoms with Crippen molar-refractivity contribution < 1.29 is 9.13 Å². The fourth-order valence-electron chi connectivity index (χ4n) is 2.74. The highest BCUT2D eigenvalue weighted by atomic mass is 19.1. The number of H-pyrrole nitrogens is 1. The molecule has 3 aromatic carbocycles. The number of aromatic nitrogens is 2. The standard InChI is InChI=1S/C21H17FN2O/c1-14-5-10-19-20(11-14)24-21(23-19)16-3-2-4-18(12-16)25-13-15-6-8-17(22)9-7-15/h2-12H,13H2,1H3,(H,23,24). The van der Waals surface area contributed by atoms with Crippen molar-refractivity contribution in [1.82, 2.24) is 9.97 Å². The van der Waals surface area contributed by atoms with E-state index in [-0.39, 0.29) is 5.82 Å². The van der Waals surface area contributed by atoms with Gasteiger partial charge in [-0.05, 0) is 54.4 Å². The lowest BCUT2D eigenvalue weighted by Gasteiger charge is -2.07. The van der Waals surface area contributed by atoms with Crippen LogP contribution in [0.3, 0.4) is 0 Å². The van der Waals surface area contributed by atoms with E-state index < -0.39 is 0 Å². The zero-order valence-electron chi connectivity index (χ0n) is 13.8. The minimum absolute atomic E-state index is 0.245. The molecule has 1 heterocycles. The number of fused-ring (bicyclic) bond motifs is 1. The molecule has 0 atom stereocenters. The molecule has 1 N–H and O–H groups in total. The third kappa shape index (κ3) is 3.38. The molecule has 0 unspecified atom stereocenters. The van der Waals surface area contributed by atoms with Gasteiger partial charge in [-0.1, -0.05) is 30.3 Å². The number of aryl methyl sites for hydroxylation is 1. The molecule has 0 radical (unpaired) electrons. The molecule has 0 spiro atoms. The molecular weight excluding hydrogens is 315 g/mol. The highest BCUT2D eigenvalue weighted by Gasteiger charge is 2.07. The average molecular weight is 332 g/mol. The van der Waals surface area contributed by atoms with Crippen LogP contribution in [-0.4, -0.2) is 9.97 Å². The summed E-state index contributed by atoms with van der Waals surface area (Å²) < 4.78 is 18.8. The average Bonchev–Trinajstić information content (AvgIpc) is 3.05. The number of ether oxygens (including phenoxy) is 1. The van der Waals surface area contributed by atoms with Gasteiger partial charge in [0.05, 0.1) is 11.0 Å². The number of rotatable bonds is 4. The maximum absolute atomic E-state index is 13.0. The first-order valence-electron chi connectivity index (χ1n) is 8.11. The minimum atomic E-state index is -0.245. The number of hydrogen-bond acceptors (Lipinski definition) is 2. The topological polar surface area (TPSA) is 37.9 Å². The quantitative estimate of drug-likeness (QED) is 0.554. The summed E-state index contributed by atoms with van der Waals surface area (Å²) in [7, 11) is 0. The second-order valence-electron chi connectivity index (χ2n) is 6.05. The van der Waals surface area contributed by atoms with Crippen LogP contribution in [0.1, 0.15) is 11.1 Å². The second-order valence-corrected chi connectivity index (χ2v) is 6.05. The van der Waals surface area contributed by atoms with Crippen LogP contribution in [0.5, 0.6) is 5.75 Å². The van der Waals surface area contributed by atoms with Crippen molar-refractivity contribution in [3.63, 3.8) is 0 Å². The van der Waals surface area contributed by atoms with Crippen molar-refractivity contribution in [3.8, 4) is 17.1 Å². The molecule has 25 heavy (non-hydrogen) atoms. The van der Waals surface area contributed by atoms with E-state index >= 15 is 0 Å². The number of benzene rings is 3. The van der Waals surface area contributed by atoms with Gasteiger partial charge in [-0.25, -0.2) is 9.37 Å². The molecule has 0 saturated heterocycles. The van der Waals surface area contributed by atoms with E-state index in [2.05, 4.69) is 29.0 Å². The Morgan fingerprint density at radius 3 is 2.68 bits per heavy atom. The Labute approximate surface area is 145 Å². The predicted octanol–water partition coefficient (Wildman–Crippen LogP) is 5.26. The number of aromatic amines is 1. The highest BCUT2D eigenvalue weighted by Crippen LogP contribution is 2.25. The van der Waals surface area contributed by atoms with E-state index in [0.29, 0.717) is 6.61 Å². The van der Waals surface area contributed by atoms with Crippen molar-refractivity contribution in [2.24, 2.45) is 0 Å². The number of nitrogens with zero attached hydrogens (tertiary/aromatic N) is 1. The number of hydrogen-bond donors (Lipinski definition) is 1. The SMILES string of the molecule is Cc1ccc2nc(-c3cccc(OCc4ccc(F)cc4)c3)[nH]c2c1. The van der Waals surface area contributed by atoms with E-state index in [9.17, 15) is 4.39 Å². The Kier molecular flexibility index (Phi) is 3.94. The molecule has 0 amide bonds. The van der Waals surface area contributed by atoms with Crippen molar-refractivity contribution >= 4 is 11.0 Å². The molecule has 0 fully saturated rings. The summed E-state index contributed by atoms with van der Waals surface area (Å²) in [5, 5.41) is 0. The van der Waals surface area contributed by atoms with E-state index in [4.69, 9.17) is 4.74 Å². The molecule has 0 aliphatic heterocycles. The van der Waals surface area contributed by atoms with E-state index in [1.807, 2.05) is 30.3 Å². The molecule has 0 aliphatic carbocycles. The van der Waals surface area contributed by atoms with Crippen LogP contribution in [0.4, 0.5) is 4.39 Å². The molecule has 4 aromatic rings. The number of imidazole rings is 1. The van der Waals surface area contributed by atoms with Crippen LogP contribution in [0.2, 0.25) is 0 Å². The normalized spacial score (nSPS) is 11.0. The lowest BCUT2D eigenvalue weighted by molar-refractivity contribution is 0.306. The van der Waals surface area contributed by atoms with Gasteiger partial charge in [-0.3, -0.25) is 0 Å². The van der Waals surface area contributed by atoms with Gasteiger partial charge in [0, 0.05) is 5.56 Å². The highest BCUT2D eigenvalue weighted by molar-refractivity contribution is 5.80. The third-order valence-corrected chi connectivity index (χ3v) is 4.06. The Bertz CT molecular complexity index is 1020. The van der Waals surface area contributed by atoms with Gasteiger partial charge < -0.3 is 9.72 Å². The zero-order chi connectivity index (χ0) is 17.2. The van der Waals surface area contributed by atoms with Gasteiger partial charge in [0.2, 0.25) is 0 Å². The maximum atomic E-state index is 13.0. The zero-order valence-corrected chi connectivity index (χ0v) is 13.8. The fourth-order valence-corrected chi connectivity index (χ4v) is 2.74. The Morgan fingerprint density at radius 2 is 1.84 bits per heavy atom. The lowest BCUT2D eigenvalue weighted by Crippen LogP contribution is -1.95. The van der Waals surface area contributed by atoms with Gasteiger partial charge in [0.15, 0.2) is 0 Å². The predicted molar refractivity (Wildman–Crippen MR) is 97.0 cm³/mol. The lowest BCUT2D eigenvalue weighted by atomic mass is 10.2. The van der Waals surface area contributed by atoms with Crippen LogP contribution >= 0.6 is 0 Å². The summed E-state index contributed by atoms with van der Waals surface area (Å²) in [5.41, 5.74) is 5.04. The first-order valence-corrected chi connectivity index (χ1v) is 8.11. The van der Waals surface area contributed by atoms with Crippen LogP contribution in [0.25, 0.3) is 22.4 Å². The Hall–Kier alpha value is -3.14. The number of halogens is 1. The summed E-state index contributed by atoms with van der Waals surface area (Å²) in [6, 6.07) is 20.3. The molecule has 3 nitrogen and oxygen atoms in total. The van der Waals surface area contributed by atoms with Gasteiger partial charge in [0.25, 0.3) is 0 Å². The monoisotopic (exact) mass is 332 g/mol.